The van der Waals surface area contributed by atoms with Gasteiger partial charge in [-0.2, -0.15) is 0 Å². The molecule has 18 heavy (non-hydrogen) atoms. The molecule has 0 saturated heterocycles. The fourth-order valence-corrected chi connectivity index (χ4v) is 3.28. The maximum Gasteiger partial charge on any atom is 0.0765 e. The highest BCUT2D eigenvalue weighted by atomic mass is 16.5. The quantitative estimate of drug-likeness (QED) is 0.378. The predicted octanol–water partition coefficient (Wildman–Crippen LogP) is 3.38. The monoisotopic (exact) mass is 256 g/mol. The second-order valence-electron chi connectivity index (χ2n) is 5.72. The Hall–Kier alpha value is -0.120. The van der Waals surface area contributed by atoms with E-state index in [-0.39, 0.29) is 0 Å². The third-order valence-corrected chi connectivity index (χ3v) is 4.37. The summed E-state index contributed by atoms with van der Waals surface area (Å²) in [6, 6.07) is 0.329. The number of hydrogen-bond acceptors (Lipinski definition) is 3. The molecule has 0 radical (unpaired) electrons. The summed E-state index contributed by atoms with van der Waals surface area (Å²) in [5, 5.41) is 0. The summed E-state index contributed by atoms with van der Waals surface area (Å²) in [6.07, 6.45) is 13.4. The van der Waals surface area contributed by atoms with Gasteiger partial charge in [-0.15, -0.1) is 0 Å². The molecule has 1 aliphatic carbocycles. The van der Waals surface area contributed by atoms with Crippen LogP contribution in [0.3, 0.4) is 0 Å². The average molecular weight is 256 g/mol. The molecule has 3 nitrogen and oxygen atoms in total. The first-order valence-electron chi connectivity index (χ1n) is 7.82. The van der Waals surface area contributed by atoms with Gasteiger partial charge in [0.05, 0.1) is 6.10 Å². The summed E-state index contributed by atoms with van der Waals surface area (Å²) >= 11 is 0. The smallest absolute Gasteiger partial charge is 0.0765 e. The third kappa shape index (κ3) is 5.25. The van der Waals surface area contributed by atoms with Gasteiger partial charge in [-0.3, -0.25) is 11.3 Å². The van der Waals surface area contributed by atoms with Crippen molar-refractivity contribution in [1.82, 2.24) is 5.43 Å². The Bertz CT molecular complexity index is 193. The average Bonchev–Trinajstić information content (AvgIpc) is 2.43. The molecule has 3 N–H and O–H groups in total. The number of nitrogens with one attached hydrogen (secondary N) is 1. The molecule has 0 aromatic heterocycles. The lowest BCUT2D eigenvalue weighted by atomic mass is 9.81. The molecular formula is C15H32N2O. The molecule has 0 amide bonds. The van der Waals surface area contributed by atoms with Crippen molar-refractivity contribution in [1.29, 1.82) is 0 Å². The van der Waals surface area contributed by atoms with E-state index in [0.29, 0.717) is 18.1 Å². The van der Waals surface area contributed by atoms with Crippen LogP contribution in [-0.2, 0) is 4.74 Å². The lowest BCUT2D eigenvalue weighted by molar-refractivity contribution is 0.00546. The Kier molecular flexibility index (Phi) is 8.64. The zero-order valence-electron chi connectivity index (χ0n) is 12.3. The molecule has 108 valence electrons. The fourth-order valence-electron chi connectivity index (χ4n) is 3.28. The summed E-state index contributed by atoms with van der Waals surface area (Å²) in [6.45, 7) is 2.25. The van der Waals surface area contributed by atoms with Crippen LogP contribution >= 0.6 is 0 Å². The number of unbranched alkanes of at least 4 members (excludes halogenated alkanes) is 3. The van der Waals surface area contributed by atoms with Crippen molar-refractivity contribution in [3.63, 3.8) is 0 Å². The minimum absolute atomic E-state index is 0.303. The van der Waals surface area contributed by atoms with E-state index in [1.807, 2.05) is 7.11 Å². The van der Waals surface area contributed by atoms with E-state index in [4.69, 9.17) is 10.6 Å². The Balaban J connectivity index is 2.37. The molecule has 0 spiro atoms. The second-order valence-corrected chi connectivity index (χ2v) is 5.72. The van der Waals surface area contributed by atoms with Gasteiger partial charge in [-0.1, -0.05) is 51.9 Å². The highest BCUT2D eigenvalue weighted by Gasteiger charge is 2.29. The van der Waals surface area contributed by atoms with E-state index in [2.05, 4.69) is 12.3 Å². The molecule has 1 rings (SSSR count). The van der Waals surface area contributed by atoms with E-state index >= 15 is 0 Å². The van der Waals surface area contributed by atoms with E-state index in [1.54, 1.807) is 0 Å². The van der Waals surface area contributed by atoms with Gasteiger partial charge in [-0.25, -0.2) is 0 Å². The molecule has 1 saturated carbocycles. The first-order valence-corrected chi connectivity index (χ1v) is 7.82. The Morgan fingerprint density at radius 2 is 1.89 bits per heavy atom. The summed E-state index contributed by atoms with van der Waals surface area (Å²) in [7, 11) is 1.84. The largest absolute Gasteiger partial charge is 0.379 e. The van der Waals surface area contributed by atoms with E-state index in [9.17, 15) is 0 Å². The minimum atomic E-state index is 0.303. The van der Waals surface area contributed by atoms with Gasteiger partial charge in [0, 0.05) is 13.2 Å². The molecule has 2 unspecified atom stereocenters. The number of rotatable bonds is 9. The SMILES string of the molecule is CCCCCCC(NN)C(OC)C1CCCCC1. The molecule has 0 bridgehead atoms. The highest BCUT2D eigenvalue weighted by molar-refractivity contribution is 4.83. The molecule has 2 atom stereocenters. The van der Waals surface area contributed by atoms with Crippen LogP contribution in [0.2, 0.25) is 0 Å². The van der Waals surface area contributed by atoms with Gasteiger partial charge in [0.2, 0.25) is 0 Å². The van der Waals surface area contributed by atoms with Crippen molar-refractivity contribution in [3.05, 3.63) is 0 Å². The van der Waals surface area contributed by atoms with Crippen LogP contribution in [0, 0.1) is 5.92 Å². The van der Waals surface area contributed by atoms with Crippen LogP contribution in [0.25, 0.3) is 0 Å². The van der Waals surface area contributed by atoms with Crippen molar-refractivity contribution >= 4 is 0 Å². The molecule has 0 aromatic rings. The van der Waals surface area contributed by atoms with Crippen LogP contribution in [0.5, 0.6) is 0 Å². The van der Waals surface area contributed by atoms with Crippen molar-refractivity contribution < 1.29 is 4.74 Å². The van der Waals surface area contributed by atoms with Gasteiger partial charge in [0.15, 0.2) is 0 Å². The molecule has 0 aliphatic heterocycles. The van der Waals surface area contributed by atoms with Crippen LogP contribution in [-0.4, -0.2) is 19.3 Å². The second kappa shape index (κ2) is 9.76. The summed E-state index contributed by atoms with van der Waals surface area (Å²) < 4.78 is 5.76. The zero-order valence-corrected chi connectivity index (χ0v) is 12.3. The number of hydrogen-bond donors (Lipinski definition) is 2. The first-order chi connectivity index (χ1) is 8.83. The van der Waals surface area contributed by atoms with Crippen molar-refractivity contribution in [2.45, 2.75) is 83.3 Å². The van der Waals surface area contributed by atoms with E-state index < -0.39 is 0 Å². The first kappa shape index (κ1) is 15.9. The van der Waals surface area contributed by atoms with Crippen molar-refractivity contribution in [2.75, 3.05) is 7.11 Å². The van der Waals surface area contributed by atoms with Gasteiger partial charge >= 0.3 is 0 Å². The van der Waals surface area contributed by atoms with Crippen molar-refractivity contribution in [3.8, 4) is 0 Å². The highest BCUT2D eigenvalue weighted by Crippen LogP contribution is 2.30. The summed E-state index contributed by atoms with van der Waals surface area (Å²) in [5.74, 6) is 6.45. The molecule has 1 aliphatic rings. The molecule has 0 aromatic carbocycles. The van der Waals surface area contributed by atoms with Gasteiger partial charge in [-0.05, 0) is 25.2 Å². The predicted molar refractivity (Wildman–Crippen MR) is 77.2 cm³/mol. The Morgan fingerprint density at radius 1 is 1.17 bits per heavy atom. The number of nitrogens with two attached hydrogens (primary N) is 1. The Morgan fingerprint density at radius 3 is 2.44 bits per heavy atom. The normalized spacial score (nSPS) is 20.8. The third-order valence-electron chi connectivity index (χ3n) is 4.37. The molecule has 3 heteroatoms. The summed E-state index contributed by atoms with van der Waals surface area (Å²) in [5.41, 5.74) is 3.00. The van der Waals surface area contributed by atoms with Crippen molar-refractivity contribution in [2.24, 2.45) is 11.8 Å². The summed E-state index contributed by atoms with van der Waals surface area (Å²) in [4.78, 5) is 0. The maximum atomic E-state index is 5.76. The minimum Gasteiger partial charge on any atom is -0.379 e. The number of ether oxygens (including phenoxy) is 1. The van der Waals surface area contributed by atoms with E-state index in [1.165, 1.54) is 57.8 Å². The van der Waals surface area contributed by atoms with Gasteiger partial charge < -0.3 is 4.74 Å². The van der Waals surface area contributed by atoms with Gasteiger partial charge in [0.25, 0.3) is 0 Å². The maximum absolute atomic E-state index is 5.76. The van der Waals surface area contributed by atoms with Crippen LogP contribution < -0.4 is 11.3 Å². The van der Waals surface area contributed by atoms with E-state index in [0.717, 1.165) is 6.42 Å². The zero-order chi connectivity index (χ0) is 13.2. The molecule has 1 fully saturated rings. The standard InChI is InChI=1S/C15H32N2O/c1-3-4-5-9-12-14(17-16)15(18-2)13-10-7-6-8-11-13/h13-15,17H,3-12,16H2,1-2H3. The fraction of sp³-hybridized carbons (Fsp3) is 1.00. The number of methoxy groups -OCH3 is 1. The number of hydrazine groups is 1. The lowest BCUT2D eigenvalue weighted by Crippen LogP contribution is -2.48. The topological polar surface area (TPSA) is 47.3 Å². The molecule has 0 heterocycles. The van der Waals surface area contributed by atoms with Crippen LogP contribution in [0.15, 0.2) is 0 Å². The molecular weight excluding hydrogens is 224 g/mol. The van der Waals surface area contributed by atoms with Crippen LogP contribution in [0.4, 0.5) is 0 Å². The van der Waals surface area contributed by atoms with Gasteiger partial charge in [0.1, 0.15) is 0 Å². The van der Waals surface area contributed by atoms with Crippen LogP contribution in [0.1, 0.15) is 71.1 Å². The lowest BCUT2D eigenvalue weighted by Gasteiger charge is -2.34. The Labute approximate surface area is 113 Å².